The molecule has 0 spiro atoms. The van der Waals surface area contributed by atoms with Gasteiger partial charge >= 0.3 is 0 Å². The van der Waals surface area contributed by atoms with Gasteiger partial charge in [0.25, 0.3) is 0 Å². The van der Waals surface area contributed by atoms with Crippen molar-refractivity contribution in [3.63, 3.8) is 0 Å². The molecule has 0 saturated carbocycles. The third-order valence-corrected chi connectivity index (χ3v) is 3.86. The van der Waals surface area contributed by atoms with Crippen molar-refractivity contribution in [1.29, 1.82) is 0 Å². The maximum absolute atomic E-state index is 4.62. The molecule has 4 heterocycles. The summed E-state index contributed by atoms with van der Waals surface area (Å²) in [6, 6.07) is 11.8. The predicted molar refractivity (Wildman–Crippen MR) is 97.3 cm³/mol. The molecule has 4 rings (SSSR count). The monoisotopic (exact) mass is 330 g/mol. The number of anilines is 1. The fourth-order valence-electron chi connectivity index (χ4n) is 2.73. The van der Waals surface area contributed by atoms with Crippen LogP contribution in [0.1, 0.15) is 17.1 Å². The fraction of sp³-hybridized carbons (Fsp3) is 0.158. The molecule has 4 aromatic heterocycles. The Morgan fingerprint density at radius 3 is 2.72 bits per heavy atom. The van der Waals surface area contributed by atoms with Crippen LogP contribution in [0.5, 0.6) is 0 Å². The van der Waals surface area contributed by atoms with Gasteiger partial charge in [-0.2, -0.15) is 0 Å². The molecule has 0 aliphatic heterocycles. The lowest BCUT2D eigenvalue weighted by molar-refractivity contribution is 1.01. The highest BCUT2D eigenvalue weighted by Gasteiger charge is 2.07. The van der Waals surface area contributed by atoms with Crippen LogP contribution < -0.4 is 5.32 Å². The molecule has 6 heteroatoms. The van der Waals surface area contributed by atoms with E-state index >= 15 is 0 Å². The van der Waals surface area contributed by atoms with Gasteiger partial charge in [0.15, 0.2) is 0 Å². The highest BCUT2D eigenvalue weighted by atomic mass is 15.1. The molecule has 4 aromatic rings. The number of hydrogen-bond donors (Lipinski definition) is 1. The molecule has 0 aliphatic carbocycles. The molecule has 0 aromatic carbocycles. The second kappa shape index (κ2) is 6.32. The Hall–Kier alpha value is -3.28. The molecular weight excluding hydrogens is 312 g/mol. The maximum Gasteiger partial charge on any atom is 0.137 e. The van der Waals surface area contributed by atoms with Crippen LogP contribution in [0.25, 0.3) is 17.0 Å². The van der Waals surface area contributed by atoms with Crippen molar-refractivity contribution in [3.8, 4) is 11.4 Å². The van der Waals surface area contributed by atoms with Gasteiger partial charge in [-0.1, -0.05) is 12.1 Å². The van der Waals surface area contributed by atoms with Gasteiger partial charge in [0, 0.05) is 24.7 Å². The van der Waals surface area contributed by atoms with E-state index in [0.717, 1.165) is 28.5 Å². The standard InChI is InChI=1S/C19H18N6/c1-13-6-7-19-24-15(12-25(19)11-13)10-21-18-9-17(22-14(2)23-18)16-5-3-4-8-20-16/h3-9,11-12H,10H2,1-2H3,(H,21,22,23). The van der Waals surface area contributed by atoms with E-state index in [-0.39, 0.29) is 0 Å². The third-order valence-electron chi connectivity index (χ3n) is 3.86. The van der Waals surface area contributed by atoms with Crippen molar-refractivity contribution in [1.82, 2.24) is 24.3 Å². The lowest BCUT2D eigenvalue weighted by atomic mass is 10.2. The molecule has 0 radical (unpaired) electrons. The normalized spacial score (nSPS) is 11.0. The summed E-state index contributed by atoms with van der Waals surface area (Å²) in [6.07, 6.45) is 5.86. The molecule has 0 fully saturated rings. The highest BCUT2D eigenvalue weighted by Crippen LogP contribution is 2.18. The van der Waals surface area contributed by atoms with E-state index in [1.807, 2.05) is 47.9 Å². The van der Waals surface area contributed by atoms with E-state index in [1.54, 1.807) is 6.20 Å². The van der Waals surface area contributed by atoms with Crippen molar-refractivity contribution < 1.29 is 0 Å². The van der Waals surface area contributed by atoms with Gasteiger partial charge in [0.2, 0.25) is 0 Å². The third kappa shape index (κ3) is 3.33. The van der Waals surface area contributed by atoms with Crippen LogP contribution in [0.15, 0.2) is 55.0 Å². The van der Waals surface area contributed by atoms with Crippen molar-refractivity contribution in [2.24, 2.45) is 0 Å². The van der Waals surface area contributed by atoms with Gasteiger partial charge in [0.05, 0.1) is 23.6 Å². The predicted octanol–water partition coefficient (Wildman–Crippen LogP) is 3.42. The van der Waals surface area contributed by atoms with Gasteiger partial charge in [-0.15, -0.1) is 0 Å². The summed E-state index contributed by atoms with van der Waals surface area (Å²) in [4.78, 5) is 17.9. The Balaban J connectivity index is 1.57. The number of nitrogens with zero attached hydrogens (tertiary/aromatic N) is 5. The van der Waals surface area contributed by atoms with E-state index in [0.29, 0.717) is 12.4 Å². The SMILES string of the molecule is Cc1ccc2nc(CNc3cc(-c4ccccn4)nc(C)n3)cn2c1. The Kier molecular flexibility index (Phi) is 3.85. The molecule has 124 valence electrons. The number of rotatable bonds is 4. The van der Waals surface area contributed by atoms with Crippen molar-refractivity contribution in [2.75, 3.05) is 5.32 Å². The second-order valence-corrected chi connectivity index (χ2v) is 5.96. The largest absolute Gasteiger partial charge is 0.364 e. The number of nitrogens with one attached hydrogen (secondary N) is 1. The van der Waals surface area contributed by atoms with Gasteiger partial charge < -0.3 is 9.72 Å². The zero-order chi connectivity index (χ0) is 17.2. The average molecular weight is 330 g/mol. The van der Waals surface area contributed by atoms with Crippen LogP contribution in [-0.4, -0.2) is 24.3 Å². The van der Waals surface area contributed by atoms with E-state index in [9.17, 15) is 0 Å². The smallest absolute Gasteiger partial charge is 0.137 e. The van der Waals surface area contributed by atoms with Crippen LogP contribution in [0.2, 0.25) is 0 Å². The van der Waals surface area contributed by atoms with E-state index < -0.39 is 0 Å². The lowest BCUT2D eigenvalue weighted by Crippen LogP contribution is -2.04. The second-order valence-electron chi connectivity index (χ2n) is 5.96. The molecule has 6 nitrogen and oxygen atoms in total. The summed E-state index contributed by atoms with van der Waals surface area (Å²) < 4.78 is 2.04. The molecular formula is C19H18N6. The van der Waals surface area contributed by atoms with Crippen molar-refractivity contribution in [3.05, 3.63) is 72.1 Å². The summed E-state index contributed by atoms with van der Waals surface area (Å²) in [5.74, 6) is 1.47. The minimum atomic E-state index is 0.596. The van der Waals surface area contributed by atoms with Gasteiger partial charge in [-0.25, -0.2) is 15.0 Å². The summed E-state index contributed by atoms with van der Waals surface area (Å²) in [6.45, 7) is 4.55. The number of fused-ring (bicyclic) bond motifs is 1. The topological polar surface area (TPSA) is 68.0 Å². The molecule has 0 atom stereocenters. The van der Waals surface area contributed by atoms with E-state index in [4.69, 9.17) is 0 Å². The van der Waals surface area contributed by atoms with Crippen molar-refractivity contribution in [2.45, 2.75) is 20.4 Å². The van der Waals surface area contributed by atoms with Gasteiger partial charge in [-0.3, -0.25) is 4.98 Å². The Bertz CT molecular complexity index is 1020. The quantitative estimate of drug-likeness (QED) is 0.621. The number of imidazole rings is 1. The van der Waals surface area contributed by atoms with E-state index in [1.165, 1.54) is 5.56 Å². The maximum atomic E-state index is 4.62. The Morgan fingerprint density at radius 2 is 1.88 bits per heavy atom. The summed E-state index contributed by atoms with van der Waals surface area (Å²) in [5.41, 5.74) is 4.74. The lowest BCUT2D eigenvalue weighted by Gasteiger charge is -2.07. The number of hydrogen-bond acceptors (Lipinski definition) is 5. The zero-order valence-electron chi connectivity index (χ0n) is 14.1. The van der Waals surface area contributed by atoms with Crippen LogP contribution in [0.4, 0.5) is 5.82 Å². The Labute approximate surface area is 145 Å². The summed E-state index contributed by atoms with van der Waals surface area (Å²) in [5, 5.41) is 3.33. The van der Waals surface area contributed by atoms with Crippen LogP contribution in [0, 0.1) is 13.8 Å². The van der Waals surface area contributed by atoms with Crippen LogP contribution in [-0.2, 0) is 6.54 Å². The minimum absolute atomic E-state index is 0.596. The first-order valence-corrected chi connectivity index (χ1v) is 8.12. The molecule has 0 saturated heterocycles. The number of aryl methyl sites for hydroxylation is 2. The molecule has 0 aliphatic rings. The average Bonchev–Trinajstić information content (AvgIpc) is 3.02. The molecule has 0 unspecified atom stereocenters. The number of aromatic nitrogens is 5. The highest BCUT2D eigenvalue weighted by molar-refractivity contribution is 5.58. The van der Waals surface area contributed by atoms with Crippen LogP contribution in [0.3, 0.4) is 0 Å². The molecule has 1 N–H and O–H groups in total. The summed E-state index contributed by atoms with van der Waals surface area (Å²) in [7, 11) is 0. The molecule has 0 amide bonds. The fourth-order valence-corrected chi connectivity index (χ4v) is 2.73. The first-order chi connectivity index (χ1) is 12.2. The first-order valence-electron chi connectivity index (χ1n) is 8.12. The summed E-state index contributed by atoms with van der Waals surface area (Å²) >= 11 is 0. The van der Waals surface area contributed by atoms with Crippen LogP contribution >= 0.6 is 0 Å². The molecule has 0 bridgehead atoms. The Morgan fingerprint density at radius 1 is 0.960 bits per heavy atom. The van der Waals surface area contributed by atoms with Gasteiger partial charge in [0.1, 0.15) is 17.3 Å². The zero-order valence-corrected chi connectivity index (χ0v) is 14.1. The van der Waals surface area contributed by atoms with E-state index in [2.05, 4.69) is 44.4 Å². The molecule has 25 heavy (non-hydrogen) atoms. The van der Waals surface area contributed by atoms with Gasteiger partial charge in [-0.05, 0) is 37.6 Å². The van der Waals surface area contributed by atoms with Crippen molar-refractivity contribution >= 4 is 11.5 Å². The number of pyridine rings is 2. The first kappa shape index (κ1) is 15.3. The minimum Gasteiger partial charge on any atom is -0.364 e.